The zero-order valence-electron chi connectivity index (χ0n) is 7.27. The molecule has 0 unspecified atom stereocenters. The summed E-state index contributed by atoms with van der Waals surface area (Å²) in [5, 5.41) is 0.311. The minimum absolute atomic E-state index is 0.311. The highest BCUT2D eigenvalue weighted by Gasteiger charge is 2.12. The summed E-state index contributed by atoms with van der Waals surface area (Å²) in [6, 6.07) is 1.85. The molecule has 2 aromatic rings. The molecule has 0 aliphatic rings. The maximum Gasteiger partial charge on any atom is 0.183 e. The Morgan fingerprint density at radius 2 is 2.29 bits per heavy atom. The first kappa shape index (κ1) is 9.36. The van der Waals surface area contributed by atoms with Crippen LogP contribution in [-0.2, 0) is 0 Å². The molecule has 4 nitrogen and oxygen atoms in total. The van der Waals surface area contributed by atoms with Crippen molar-refractivity contribution in [2.45, 2.75) is 0 Å². The van der Waals surface area contributed by atoms with Crippen molar-refractivity contribution in [3.05, 3.63) is 23.7 Å². The fourth-order valence-electron chi connectivity index (χ4n) is 1.05. The summed E-state index contributed by atoms with van der Waals surface area (Å²) >= 11 is 7.19. The van der Waals surface area contributed by atoms with Crippen LogP contribution in [0.25, 0.3) is 10.6 Å². The quantitative estimate of drug-likeness (QED) is 0.739. The average molecular weight is 228 g/mol. The summed E-state index contributed by atoms with van der Waals surface area (Å²) in [6.45, 7) is 0. The van der Waals surface area contributed by atoms with Crippen molar-refractivity contribution in [3.8, 4) is 16.3 Å². The molecule has 14 heavy (non-hydrogen) atoms. The Morgan fingerprint density at radius 1 is 1.43 bits per heavy atom. The molecule has 0 amide bonds. The van der Waals surface area contributed by atoms with Gasteiger partial charge < -0.3 is 4.74 Å². The Morgan fingerprint density at radius 3 is 2.93 bits per heavy atom. The third kappa shape index (κ3) is 1.56. The third-order valence-corrected chi connectivity index (χ3v) is 2.66. The lowest BCUT2D eigenvalue weighted by atomic mass is 10.3. The fraction of sp³-hybridized carbons (Fsp3) is 0.125. The van der Waals surface area contributed by atoms with Crippen LogP contribution >= 0.6 is 23.1 Å². The van der Waals surface area contributed by atoms with E-state index in [1.807, 2.05) is 6.07 Å². The van der Waals surface area contributed by atoms with Gasteiger partial charge in [0.25, 0.3) is 0 Å². The first-order valence-corrected chi connectivity index (χ1v) is 4.93. The van der Waals surface area contributed by atoms with Crippen molar-refractivity contribution in [2.24, 2.45) is 0 Å². The molecular formula is C8H6ClN3OS. The average Bonchev–Trinajstić information content (AvgIpc) is 2.70. The van der Waals surface area contributed by atoms with Crippen molar-refractivity contribution in [2.75, 3.05) is 7.11 Å². The lowest BCUT2D eigenvalue weighted by Crippen LogP contribution is -1.92. The van der Waals surface area contributed by atoms with E-state index in [1.54, 1.807) is 6.20 Å². The van der Waals surface area contributed by atoms with E-state index in [0.717, 1.165) is 4.88 Å². The van der Waals surface area contributed by atoms with Gasteiger partial charge in [-0.3, -0.25) is 0 Å². The molecular weight excluding hydrogens is 222 g/mol. The van der Waals surface area contributed by atoms with E-state index in [1.165, 1.54) is 25.0 Å². The van der Waals surface area contributed by atoms with Gasteiger partial charge in [-0.2, -0.15) is 0 Å². The normalized spacial score (nSPS) is 10.1. The Bertz CT molecular complexity index is 432. The highest BCUT2D eigenvalue weighted by atomic mass is 35.5. The van der Waals surface area contributed by atoms with Crippen molar-refractivity contribution in [3.63, 3.8) is 0 Å². The number of nitrogens with zero attached hydrogens (tertiary/aromatic N) is 3. The van der Waals surface area contributed by atoms with Gasteiger partial charge in [-0.15, -0.1) is 0 Å². The first-order valence-electron chi connectivity index (χ1n) is 3.78. The van der Waals surface area contributed by atoms with Crippen LogP contribution in [0.2, 0.25) is 5.15 Å². The van der Waals surface area contributed by atoms with E-state index in [4.69, 9.17) is 16.3 Å². The predicted octanol–water partition coefficient (Wildman–Crippen LogP) is 2.26. The molecule has 2 rings (SSSR count). The highest BCUT2D eigenvalue weighted by Crippen LogP contribution is 2.33. The lowest BCUT2D eigenvalue weighted by Gasteiger charge is -2.05. The number of ether oxygens (including phenoxy) is 1. The SMILES string of the molecule is COc1c(Cl)ncnc1-c1ccns1. The summed E-state index contributed by atoms with van der Waals surface area (Å²) < 4.78 is 9.11. The van der Waals surface area contributed by atoms with Crippen LogP contribution in [0.15, 0.2) is 18.6 Å². The number of aromatic nitrogens is 3. The minimum Gasteiger partial charge on any atom is -0.491 e. The smallest absolute Gasteiger partial charge is 0.183 e. The van der Waals surface area contributed by atoms with Gasteiger partial charge in [0.2, 0.25) is 0 Å². The maximum absolute atomic E-state index is 5.85. The van der Waals surface area contributed by atoms with Gasteiger partial charge in [0.05, 0.1) is 12.0 Å². The van der Waals surface area contributed by atoms with E-state index in [0.29, 0.717) is 16.6 Å². The van der Waals surface area contributed by atoms with Crippen LogP contribution in [0.1, 0.15) is 0 Å². The minimum atomic E-state index is 0.311. The summed E-state index contributed by atoms with van der Waals surface area (Å²) in [4.78, 5) is 8.85. The van der Waals surface area contributed by atoms with Gasteiger partial charge >= 0.3 is 0 Å². The topological polar surface area (TPSA) is 47.9 Å². The molecule has 0 atom stereocenters. The lowest BCUT2D eigenvalue weighted by molar-refractivity contribution is 0.413. The molecule has 2 heterocycles. The standard InChI is InChI=1S/C8H6ClN3OS/c1-13-7-6(5-2-3-12-14-5)10-4-11-8(7)9/h2-4H,1H3. The van der Waals surface area contributed by atoms with E-state index < -0.39 is 0 Å². The van der Waals surface area contributed by atoms with Gasteiger partial charge in [-0.1, -0.05) is 11.6 Å². The fourth-order valence-corrected chi connectivity index (χ4v) is 1.85. The Balaban J connectivity index is 2.58. The summed E-state index contributed by atoms with van der Waals surface area (Å²) in [5.74, 6) is 0.485. The molecule has 0 aliphatic carbocycles. The second-order valence-electron chi connectivity index (χ2n) is 2.42. The number of hydrogen-bond donors (Lipinski definition) is 0. The third-order valence-electron chi connectivity index (χ3n) is 1.64. The number of methoxy groups -OCH3 is 1. The molecule has 0 radical (unpaired) electrons. The Kier molecular flexibility index (Phi) is 2.60. The van der Waals surface area contributed by atoms with Gasteiger partial charge in [0.1, 0.15) is 12.0 Å². The molecule has 0 saturated heterocycles. The maximum atomic E-state index is 5.85. The second-order valence-corrected chi connectivity index (χ2v) is 3.61. The van der Waals surface area contributed by atoms with E-state index in [2.05, 4.69) is 14.3 Å². The first-order chi connectivity index (χ1) is 6.83. The molecule has 0 aliphatic heterocycles. The summed E-state index contributed by atoms with van der Waals surface area (Å²) in [7, 11) is 1.54. The molecule has 0 N–H and O–H groups in total. The second kappa shape index (κ2) is 3.89. The summed E-state index contributed by atoms with van der Waals surface area (Å²) in [5.41, 5.74) is 0.676. The molecule has 0 saturated carbocycles. The van der Waals surface area contributed by atoms with Crippen LogP contribution in [0.3, 0.4) is 0 Å². The van der Waals surface area contributed by atoms with Crippen molar-refractivity contribution in [1.82, 2.24) is 14.3 Å². The van der Waals surface area contributed by atoms with E-state index in [-0.39, 0.29) is 0 Å². The largest absolute Gasteiger partial charge is 0.491 e. The Hall–Kier alpha value is -1.20. The molecule has 0 bridgehead atoms. The molecule has 2 aromatic heterocycles. The van der Waals surface area contributed by atoms with Crippen LogP contribution in [-0.4, -0.2) is 21.5 Å². The number of halogens is 1. The molecule has 72 valence electrons. The molecule has 0 fully saturated rings. The predicted molar refractivity (Wildman–Crippen MR) is 54.7 cm³/mol. The van der Waals surface area contributed by atoms with Crippen LogP contribution < -0.4 is 4.74 Å². The van der Waals surface area contributed by atoms with E-state index in [9.17, 15) is 0 Å². The molecule has 0 spiro atoms. The van der Waals surface area contributed by atoms with Crippen LogP contribution in [0, 0.1) is 0 Å². The molecule has 0 aromatic carbocycles. The van der Waals surface area contributed by atoms with Gasteiger partial charge in [-0.05, 0) is 17.6 Å². The summed E-state index contributed by atoms with van der Waals surface area (Å²) in [6.07, 6.45) is 3.11. The van der Waals surface area contributed by atoms with Gasteiger partial charge in [0.15, 0.2) is 10.9 Å². The van der Waals surface area contributed by atoms with Crippen molar-refractivity contribution < 1.29 is 4.74 Å². The van der Waals surface area contributed by atoms with Crippen LogP contribution in [0.5, 0.6) is 5.75 Å². The van der Waals surface area contributed by atoms with Crippen molar-refractivity contribution >= 4 is 23.1 Å². The molecule has 6 heteroatoms. The highest BCUT2D eigenvalue weighted by molar-refractivity contribution is 7.09. The van der Waals surface area contributed by atoms with Gasteiger partial charge in [-0.25, -0.2) is 14.3 Å². The zero-order valence-corrected chi connectivity index (χ0v) is 8.84. The Labute approximate surface area is 89.7 Å². The monoisotopic (exact) mass is 227 g/mol. The van der Waals surface area contributed by atoms with Crippen molar-refractivity contribution in [1.29, 1.82) is 0 Å². The number of rotatable bonds is 2. The van der Waals surface area contributed by atoms with E-state index >= 15 is 0 Å². The zero-order chi connectivity index (χ0) is 9.97. The number of hydrogen-bond acceptors (Lipinski definition) is 5. The van der Waals surface area contributed by atoms with Gasteiger partial charge in [0, 0.05) is 6.20 Å². The van der Waals surface area contributed by atoms with Crippen LogP contribution in [0.4, 0.5) is 0 Å².